The first-order valence-electron chi connectivity index (χ1n) is 9.88. The zero-order chi connectivity index (χ0) is 22.3. The number of hydrogen-bond acceptors (Lipinski definition) is 4. The van der Waals surface area contributed by atoms with Crippen LogP contribution in [0, 0.1) is 13.8 Å². The van der Waals surface area contributed by atoms with Gasteiger partial charge in [-0.25, -0.2) is 4.68 Å². The number of nitrogens with one attached hydrogen (secondary N) is 2. The topological polar surface area (TPSA) is 76.8 Å². The summed E-state index contributed by atoms with van der Waals surface area (Å²) in [4.78, 5) is 12.8. The van der Waals surface area contributed by atoms with Gasteiger partial charge in [-0.3, -0.25) is 9.48 Å². The van der Waals surface area contributed by atoms with E-state index in [1.54, 1.807) is 30.1 Å². The highest BCUT2D eigenvalue weighted by molar-refractivity contribution is 5.98. The van der Waals surface area contributed by atoms with Gasteiger partial charge < -0.3 is 10.6 Å². The maximum Gasteiger partial charge on any atom is 0.410 e. The van der Waals surface area contributed by atoms with Gasteiger partial charge >= 0.3 is 6.18 Å². The molecule has 0 saturated heterocycles. The highest BCUT2D eigenvalue weighted by Crippen LogP contribution is 2.44. The van der Waals surface area contributed by atoms with E-state index in [1.165, 1.54) is 6.20 Å². The molecule has 0 radical (unpaired) electrons. The first-order valence-corrected chi connectivity index (χ1v) is 9.88. The molecular weight excluding hydrogens is 409 g/mol. The van der Waals surface area contributed by atoms with E-state index in [9.17, 15) is 18.0 Å². The zero-order valence-corrected chi connectivity index (χ0v) is 17.4. The second-order valence-electron chi connectivity index (χ2n) is 7.85. The third-order valence-corrected chi connectivity index (χ3v) is 5.52. The first-order chi connectivity index (χ1) is 14.6. The summed E-state index contributed by atoms with van der Waals surface area (Å²) in [5, 5.41) is 14.0. The highest BCUT2D eigenvalue weighted by Gasteiger charge is 2.47. The number of aromatic nitrogens is 4. The number of aryl methyl sites for hydroxylation is 3. The molecule has 1 aliphatic rings. The summed E-state index contributed by atoms with van der Waals surface area (Å²) in [5.74, 6) is -0.429. The van der Waals surface area contributed by atoms with Crippen LogP contribution in [-0.4, -0.2) is 31.6 Å². The molecule has 0 saturated carbocycles. The smallest absolute Gasteiger partial charge is 0.363 e. The Kier molecular flexibility index (Phi) is 5.24. The van der Waals surface area contributed by atoms with Gasteiger partial charge in [-0.15, -0.1) is 0 Å². The van der Waals surface area contributed by atoms with Crippen molar-refractivity contribution in [1.82, 2.24) is 24.9 Å². The number of fused-ring (bicyclic) bond motifs is 1. The molecule has 2 aromatic heterocycles. The van der Waals surface area contributed by atoms with Gasteiger partial charge in [-0.05, 0) is 19.4 Å². The van der Waals surface area contributed by atoms with Crippen LogP contribution in [0.2, 0.25) is 0 Å². The van der Waals surface area contributed by atoms with E-state index in [1.807, 2.05) is 26.0 Å². The minimum absolute atomic E-state index is 0.0690. The molecule has 4 rings (SSSR count). The van der Waals surface area contributed by atoms with Crippen molar-refractivity contribution in [1.29, 1.82) is 0 Å². The van der Waals surface area contributed by atoms with Crippen molar-refractivity contribution in [3.05, 3.63) is 64.6 Å². The van der Waals surface area contributed by atoms with Crippen molar-refractivity contribution >= 4 is 11.7 Å². The fraction of sp³-hybridized carbons (Fsp3) is 0.381. The molecule has 0 unspecified atom stereocenters. The normalized spacial score (nSPS) is 18.4. The van der Waals surface area contributed by atoms with Crippen LogP contribution in [0.15, 0.2) is 36.7 Å². The quantitative estimate of drug-likeness (QED) is 0.657. The van der Waals surface area contributed by atoms with Gasteiger partial charge in [0.05, 0.1) is 17.9 Å². The van der Waals surface area contributed by atoms with E-state index in [2.05, 4.69) is 20.8 Å². The Bertz CT molecular complexity index is 1100. The number of carbonyl (C=O) groups excluding carboxylic acids is 1. The lowest BCUT2D eigenvalue weighted by Gasteiger charge is -2.34. The van der Waals surface area contributed by atoms with E-state index >= 15 is 0 Å². The lowest BCUT2D eigenvalue weighted by atomic mass is 9.96. The molecule has 164 valence electrons. The summed E-state index contributed by atoms with van der Waals surface area (Å²) in [5.41, 5.74) is 3.42. The summed E-state index contributed by atoms with van der Waals surface area (Å²) in [7, 11) is 1.78. The average molecular weight is 432 g/mol. The third kappa shape index (κ3) is 4.14. The Labute approximate surface area is 177 Å². The van der Waals surface area contributed by atoms with Crippen molar-refractivity contribution < 1.29 is 18.0 Å². The van der Waals surface area contributed by atoms with Crippen molar-refractivity contribution in [2.75, 3.05) is 5.32 Å². The Balaban J connectivity index is 1.62. The monoisotopic (exact) mass is 432 g/mol. The maximum absolute atomic E-state index is 13.8. The van der Waals surface area contributed by atoms with Crippen molar-refractivity contribution in [3.8, 4) is 0 Å². The van der Waals surface area contributed by atoms with Crippen LogP contribution in [0.3, 0.4) is 0 Å². The summed E-state index contributed by atoms with van der Waals surface area (Å²) >= 11 is 0. The molecule has 3 heterocycles. The number of hydrogen-bond donors (Lipinski definition) is 2. The summed E-state index contributed by atoms with van der Waals surface area (Å²) in [6.07, 6.45) is -1.73. The van der Waals surface area contributed by atoms with Crippen LogP contribution in [0.4, 0.5) is 19.0 Å². The van der Waals surface area contributed by atoms with Crippen molar-refractivity contribution in [2.45, 2.75) is 45.1 Å². The molecule has 7 nitrogen and oxygen atoms in total. The predicted octanol–water partition coefficient (Wildman–Crippen LogP) is 3.82. The number of benzene rings is 1. The Morgan fingerprint density at radius 2 is 1.97 bits per heavy atom. The second-order valence-corrected chi connectivity index (χ2v) is 7.85. The van der Waals surface area contributed by atoms with Gasteiger partial charge in [0.2, 0.25) is 0 Å². The fourth-order valence-electron chi connectivity index (χ4n) is 3.84. The predicted molar refractivity (Wildman–Crippen MR) is 109 cm³/mol. The van der Waals surface area contributed by atoms with E-state index < -0.39 is 24.2 Å². The van der Waals surface area contributed by atoms with E-state index in [-0.39, 0.29) is 24.3 Å². The molecule has 0 bridgehead atoms. The summed E-state index contributed by atoms with van der Waals surface area (Å²) < 4.78 is 43.9. The van der Waals surface area contributed by atoms with Crippen LogP contribution in [0.25, 0.3) is 0 Å². The molecule has 2 N–H and O–H groups in total. The minimum atomic E-state index is -4.49. The van der Waals surface area contributed by atoms with Gasteiger partial charge in [-0.1, -0.05) is 29.8 Å². The van der Waals surface area contributed by atoms with Gasteiger partial charge in [0.25, 0.3) is 5.91 Å². The van der Waals surface area contributed by atoms with Gasteiger partial charge in [-0.2, -0.15) is 23.4 Å². The van der Waals surface area contributed by atoms with Gasteiger partial charge in [0, 0.05) is 31.8 Å². The minimum Gasteiger partial charge on any atom is -0.363 e. The number of halogens is 3. The molecule has 0 fully saturated rings. The average Bonchev–Trinajstić information content (AvgIpc) is 3.27. The number of amides is 1. The number of nitrogens with zero attached hydrogens (tertiary/aromatic N) is 4. The molecule has 0 spiro atoms. The van der Waals surface area contributed by atoms with Gasteiger partial charge in [0.15, 0.2) is 6.04 Å². The Hall–Kier alpha value is -3.30. The highest BCUT2D eigenvalue weighted by atomic mass is 19.4. The van der Waals surface area contributed by atoms with Crippen LogP contribution in [0.1, 0.15) is 51.2 Å². The zero-order valence-electron chi connectivity index (χ0n) is 17.4. The second kappa shape index (κ2) is 7.75. The largest absolute Gasteiger partial charge is 0.410 e. The number of alkyl halides is 3. The molecule has 1 aromatic carbocycles. The fourth-order valence-corrected chi connectivity index (χ4v) is 3.84. The van der Waals surface area contributed by atoms with Crippen molar-refractivity contribution in [2.24, 2.45) is 7.05 Å². The summed E-state index contributed by atoms with van der Waals surface area (Å²) in [6.45, 7) is 3.95. The van der Waals surface area contributed by atoms with Gasteiger partial charge in [0.1, 0.15) is 11.4 Å². The number of anilines is 1. The lowest BCUT2D eigenvalue weighted by Crippen LogP contribution is -2.36. The number of carbonyl (C=O) groups is 1. The lowest BCUT2D eigenvalue weighted by molar-refractivity contribution is -0.173. The van der Waals surface area contributed by atoms with E-state index in [0.717, 1.165) is 27.1 Å². The molecule has 0 aliphatic carbocycles. The van der Waals surface area contributed by atoms with E-state index in [4.69, 9.17) is 0 Å². The molecule has 1 amide bonds. The van der Waals surface area contributed by atoms with Crippen LogP contribution in [0.5, 0.6) is 0 Å². The maximum atomic E-state index is 13.8. The van der Waals surface area contributed by atoms with Crippen LogP contribution >= 0.6 is 0 Å². The summed E-state index contributed by atoms with van der Waals surface area (Å²) in [6, 6.07) is 4.90. The molecule has 3 aromatic rings. The third-order valence-electron chi connectivity index (χ3n) is 5.52. The molecular formula is C21H23F3N6O. The van der Waals surface area contributed by atoms with Crippen molar-refractivity contribution in [3.63, 3.8) is 0 Å². The molecule has 2 atom stereocenters. The van der Waals surface area contributed by atoms with Crippen LogP contribution in [-0.2, 0) is 13.6 Å². The Morgan fingerprint density at radius 3 is 2.58 bits per heavy atom. The Morgan fingerprint density at radius 1 is 1.26 bits per heavy atom. The molecule has 10 heteroatoms. The standard InChI is InChI=1S/C21H23F3N6O/c1-12-4-6-14(7-5-12)17-8-18(21(22,23)24)30-19(27-17)16(10-26-30)20(31)25-9-15-11-29(3)28-13(15)2/h4-7,10-11,17-18,27H,8-9H2,1-3H3,(H,25,31)/t17-,18+/m0/s1. The first kappa shape index (κ1) is 21.0. The number of rotatable bonds is 4. The van der Waals surface area contributed by atoms with E-state index in [0.29, 0.717) is 0 Å². The molecule has 31 heavy (non-hydrogen) atoms. The SMILES string of the molecule is Cc1ccc([C@@H]2C[C@H](C(F)(F)F)n3ncc(C(=O)NCc4cn(C)nc4C)c3N2)cc1. The molecule has 1 aliphatic heterocycles. The van der Waals surface area contributed by atoms with Crippen LogP contribution < -0.4 is 10.6 Å².